The molecule has 1 aromatic carbocycles. The quantitative estimate of drug-likeness (QED) is 0.221. The van der Waals surface area contributed by atoms with E-state index < -0.39 is 74.7 Å². The molecule has 2 aromatic heterocycles. The van der Waals surface area contributed by atoms with E-state index in [0.717, 1.165) is 37.7 Å². The number of fused-ring (bicyclic) bond motifs is 3. The molecule has 16 nitrogen and oxygen atoms in total. The van der Waals surface area contributed by atoms with E-state index in [1.54, 1.807) is 20.1 Å². The van der Waals surface area contributed by atoms with Gasteiger partial charge in [0.1, 0.15) is 53.7 Å². The van der Waals surface area contributed by atoms with E-state index in [2.05, 4.69) is 20.5 Å². The van der Waals surface area contributed by atoms with Gasteiger partial charge in [0, 0.05) is 35.6 Å². The lowest BCUT2D eigenvalue weighted by atomic mass is 9.96. The fourth-order valence-electron chi connectivity index (χ4n) is 8.45. The molecular weight excluding hydrogens is 810 g/mol. The Kier molecular flexibility index (Phi) is 11.8. The Bertz CT molecular complexity index is 2350. The SMILES string of the molecule is COc1ccc2c(O[C@@H]3C[C@H]4C(=O)N[C@]5(C(=O)NS(=O)(=O)C6(C)CC6)C[C@H]5/C=C\CCCCC[C@H](NC(=O)c5ccn(CCF)n5)C(=O)N4C3)cc(OC3CCC3)nc2c1C. The van der Waals surface area contributed by atoms with Crippen molar-refractivity contribution in [2.45, 2.75) is 132 Å². The van der Waals surface area contributed by atoms with Crippen molar-refractivity contribution in [2.75, 3.05) is 20.3 Å². The third kappa shape index (κ3) is 8.64. The van der Waals surface area contributed by atoms with Crippen LogP contribution in [0.4, 0.5) is 4.39 Å². The van der Waals surface area contributed by atoms with E-state index in [0.29, 0.717) is 54.0 Å². The Morgan fingerprint density at radius 3 is 2.56 bits per heavy atom. The number of methoxy groups -OCH3 is 1. The number of alkyl halides is 1. The molecular formula is C43H54FN7O9S. The van der Waals surface area contributed by atoms with Crippen LogP contribution in [0.3, 0.4) is 0 Å². The normalized spacial score (nSPS) is 27.0. The molecule has 3 saturated carbocycles. The Morgan fingerprint density at radius 1 is 1.03 bits per heavy atom. The summed E-state index contributed by atoms with van der Waals surface area (Å²) in [5.74, 6) is -1.66. The number of nitrogens with one attached hydrogen (secondary N) is 3. The second kappa shape index (κ2) is 16.9. The van der Waals surface area contributed by atoms with E-state index in [1.807, 2.05) is 31.2 Å². The highest BCUT2D eigenvalue weighted by Gasteiger charge is 2.63. The average molecular weight is 864 g/mol. The molecule has 0 spiro atoms. The molecule has 3 aromatic rings. The topological polar surface area (TPSA) is 200 Å². The molecule has 61 heavy (non-hydrogen) atoms. The zero-order chi connectivity index (χ0) is 43.1. The van der Waals surface area contributed by atoms with Gasteiger partial charge >= 0.3 is 0 Å². The standard InChI is InChI=1S/C43H54FN7O9S/c1-26-34(58-3)15-14-30-35(23-36(46-37(26)30)60-28-11-9-12-28)59-29-22-33-39(53)47-43(41(55)49-61(56,57)42(2)17-18-42)24-27(43)10-7-5-4-6-8-13-32(40(54)51(33)25-29)45-38(52)31-16-20-50(48-31)21-19-44/h7,10,14-16,20,23,27-29,32-33H,4-6,8-9,11-13,17-19,21-22,24-25H2,1-3H3,(H,45,52)(H,47,53)(H,49,55)/b10-7-/t27-,29-,32+,33+,43-/m1/s1. The van der Waals surface area contributed by atoms with Gasteiger partial charge in [-0.1, -0.05) is 25.0 Å². The van der Waals surface area contributed by atoms with Crippen molar-refractivity contribution in [3.05, 3.63) is 53.9 Å². The van der Waals surface area contributed by atoms with Crippen LogP contribution < -0.4 is 29.6 Å². The number of ether oxygens (including phenoxy) is 3. The summed E-state index contributed by atoms with van der Waals surface area (Å²) in [5.41, 5.74) is -0.157. The van der Waals surface area contributed by atoms with Crippen molar-refractivity contribution in [3.8, 4) is 17.4 Å². The van der Waals surface area contributed by atoms with Crippen LogP contribution in [0.2, 0.25) is 0 Å². The number of hydrogen-bond acceptors (Lipinski definition) is 11. The maximum absolute atomic E-state index is 14.8. The van der Waals surface area contributed by atoms with E-state index in [1.165, 1.54) is 21.8 Å². The van der Waals surface area contributed by atoms with Crippen LogP contribution >= 0.6 is 0 Å². The van der Waals surface area contributed by atoms with E-state index in [9.17, 15) is 32.0 Å². The Balaban J connectivity index is 1.12. The number of allylic oxidation sites excluding steroid dienone is 1. The zero-order valence-corrected chi connectivity index (χ0v) is 35.6. The summed E-state index contributed by atoms with van der Waals surface area (Å²) in [6.07, 6.45) is 11.4. The number of aryl methyl sites for hydroxylation is 2. The first-order valence-electron chi connectivity index (χ1n) is 21.3. The maximum atomic E-state index is 14.8. The summed E-state index contributed by atoms with van der Waals surface area (Å²) in [6, 6.07) is 4.59. The average Bonchev–Trinajstić information content (AvgIpc) is 4.00. The van der Waals surface area contributed by atoms with Gasteiger partial charge < -0.3 is 29.7 Å². The predicted octanol–water partition coefficient (Wildman–Crippen LogP) is 4.19. The van der Waals surface area contributed by atoms with Crippen molar-refractivity contribution in [2.24, 2.45) is 5.92 Å². The fraction of sp³-hybridized carbons (Fsp3) is 0.581. The monoisotopic (exact) mass is 863 g/mol. The molecule has 4 heterocycles. The summed E-state index contributed by atoms with van der Waals surface area (Å²) >= 11 is 0. The lowest BCUT2D eigenvalue weighted by Gasteiger charge is -2.30. The van der Waals surface area contributed by atoms with Crippen LogP contribution in [0.1, 0.15) is 100 Å². The summed E-state index contributed by atoms with van der Waals surface area (Å²) in [7, 11) is -2.45. The van der Waals surface area contributed by atoms with E-state index in [4.69, 9.17) is 19.2 Å². The smallest absolute Gasteiger partial charge is 0.272 e. The van der Waals surface area contributed by atoms with Crippen LogP contribution in [0.25, 0.3) is 10.9 Å². The summed E-state index contributed by atoms with van der Waals surface area (Å²) in [6.45, 7) is 2.72. The first kappa shape index (κ1) is 42.4. The molecule has 4 amide bonds. The molecule has 0 bridgehead atoms. The first-order valence-corrected chi connectivity index (χ1v) is 22.8. The summed E-state index contributed by atoms with van der Waals surface area (Å²) in [5, 5.41) is 10.6. The molecule has 0 radical (unpaired) electrons. The lowest BCUT2D eigenvalue weighted by molar-refractivity contribution is -0.141. The molecule has 5 atom stereocenters. The molecule has 8 rings (SSSR count). The number of amides is 4. The number of nitrogens with zero attached hydrogens (tertiary/aromatic N) is 4. The fourth-order valence-corrected chi connectivity index (χ4v) is 9.76. The van der Waals surface area contributed by atoms with Crippen molar-refractivity contribution < 1.29 is 46.2 Å². The molecule has 328 valence electrons. The highest BCUT2D eigenvalue weighted by atomic mass is 32.2. The molecule has 2 aliphatic heterocycles. The molecule has 3 N–H and O–H groups in total. The molecule has 18 heteroatoms. The van der Waals surface area contributed by atoms with E-state index in [-0.39, 0.29) is 44.1 Å². The molecule has 0 unspecified atom stereocenters. The summed E-state index contributed by atoms with van der Waals surface area (Å²) in [4.78, 5) is 63.2. The molecule has 1 saturated heterocycles. The number of benzene rings is 1. The highest BCUT2D eigenvalue weighted by molar-refractivity contribution is 7.91. The Morgan fingerprint density at radius 2 is 1.84 bits per heavy atom. The van der Waals surface area contributed by atoms with Gasteiger partial charge in [0.25, 0.3) is 11.8 Å². The molecule has 4 fully saturated rings. The maximum Gasteiger partial charge on any atom is 0.272 e. The Labute approximate surface area is 354 Å². The van der Waals surface area contributed by atoms with Gasteiger partial charge in [0.2, 0.25) is 27.7 Å². The minimum absolute atomic E-state index is 0.0121. The van der Waals surface area contributed by atoms with Gasteiger partial charge in [0.15, 0.2) is 0 Å². The third-order valence-corrected chi connectivity index (χ3v) is 15.1. The number of rotatable bonds is 12. The van der Waals surface area contributed by atoms with Gasteiger partial charge in [-0.3, -0.25) is 28.6 Å². The number of pyridine rings is 1. The lowest BCUT2D eigenvalue weighted by Crippen LogP contribution is -2.58. The summed E-state index contributed by atoms with van der Waals surface area (Å²) < 4.78 is 60.6. The molecule has 3 aliphatic carbocycles. The van der Waals surface area contributed by atoms with Crippen LogP contribution in [0.15, 0.2) is 42.6 Å². The third-order valence-electron chi connectivity index (χ3n) is 12.9. The number of sulfonamides is 1. The van der Waals surface area contributed by atoms with Crippen molar-refractivity contribution in [1.29, 1.82) is 0 Å². The van der Waals surface area contributed by atoms with Gasteiger partial charge in [-0.2, -0.15) is 5.10 Å². The Hall–Kier alpha value is -5.26. The minimum Gasteiger partial charge on any atom is -0.496 e. The predicted molar refractivity (Wildman–Crippen MR) is 221 cm³/mol. The molecule has 5 aliphatic rings. The zero-order valence-electron chi connectivity index (χ0n) is 34.8. The second-order valence-corrected chi connectivity index (χ2v) is 19.5. The van der Waals surface area contributed by atoms with Gasteiger partial charge in [0.05, 0.1) is 30.5 Å². The van der Waals surface area contributed by atoms with Crippen LogP contribution in [0.5, 0.6) is 17.4 Å². The number of aromatic nitrogens is 3. The van der Waals surface area contributed by atoms with Crippen LogP contribution in [0, 0.1) is 12.8 Å². The van der Waals surface area contributed by atoms with Gasteiger partial charge in [-0.05, 0) is 89.8 Å². The van der Waals surface area contributed by atoms with Crippen molar-refractivity contribution in [3.63, 3.8) is 0 Å². The number of carbonyl (C=O) groups excluding carboxylic acids is 4. The second-order valence-electron chi connectivity index (χ2n) is 17.3. The van der Waals surface area contributed by atoms with Crippen LogP contribution in [-0.2, 0) is 31.0 Å². The minimum atomic E-state index is -4.03. The van der Waals surface area contributed by atoms with Crippen LogP contribution in [-0.4, -0.2) is 107 Å². The van der Waals surface area contributed by atoms with Crippen molar-refractivity contribution >= 4 is 44.6 Å². The first-order chi connectivity index (χ1) is 29.2. The number of hydrogen-bond donors (Lipinski definition) is 3. The number of carbonyl (C=O) groups is 4. The largest absolute Gasteiger partial charge is 0.496 e. The van der Waals surface area contributed by atoms with E-state index >= 15 is 0 Å². The van der Waals surface area contributed by atoms with Gasteiger partial charge in [-0.25, -0.2) is 17.8 Å². The van der Waals surface area contributed by atoms with Gasteiger partial charge in [-0.15, -0.1) is 0 Å². The number of halogens is 1. The van der Waals surface area contributed by atoms with Crippen molar-refractivity contribution in [1.82, 2.24) is 35.0 Å². The highest BCUT2D eigenvalue weighted by Crippen LogP contribution is 2.48.